The average Bonchev–Trinajstić information content (AvgIpc) is 3.56. The van der Waals surface area contributed by atoms with Crippen molar-refractivity contribution in [2.75, 3.05) is 11.4 Å². The first-order valence-electron chi connectivity index (χ1n) is 11.1. The fourth-order valence-electron chi connectivity index (χ4n) is 4.60. The second kappa shape index (κ2) is 7.54. The second-order valence-corrected chi connectivity index (χ2v) is 8.69. The maximum atomic E-state index is 6.14. The van der Waals surface area contributed by atoms with E-state index in [9.17, 15) is 0 Å². The van der Waals surface area contributed by atoms with Crippen molar-refractivity contribution >= 4 is 11.5 Å². The van der Waals surface area contributed by atoms with Crippen LogP contribution in [0.25, 0.3) is 17.1 Å². The lowest BCUT2D eigenvalue weighted by Crippen LogP contribution is -2.36. The highest BCUT2D eigenvalue weighted by Gasteiger charge is 2.36. The van der Waals surface area contributed by atoms with Crippen molar-refractivity contribution in [3.05, 3.63) is 77.3 Å². The van der Waals surface area contributed by atoms with Crippen molar-refractivity contribution in [1.82, 2.24) is 34.8 Å². The third kappa shape index (κ3) is 3.19. The van der Waals surface area contributed by atoms with E-state index in [2.05, 4.69) is 56.0 Å². The number of aromatic nitrogens is 7. The van der Waals surface area contributed by atoms with Gasteiger partial charge in [0.2, 0.25) is 0 Å². The number of nitrogens with one attached hydrogen (secondary N) is 1. The number of imidazole rings is 1. The first-order valence-corrected chi connectivity index (χ1v) is 11.1. The van der Waals surface area contributed by atoms with Crippen LogP contribution in [0.5, 0.6) is 0 Å². The zero-order valence-electron chi connectivity index (χ0n) is 18.7. The fourth-order valence-corrected chi connectivity index (χ4v) is 4.60. The van der Waals surface area contributed by atoms with Crippen molar-refractivity contribution in [2.24, 2.45) is 0 Å². The predicted octanol–water partition coefficient (Wildman–Crippen LogP) is 4.09. The predicted molar refractivity (Wildman–Crippen MR) is 123 cm³/mol. The molecule has 9 nitrogen and oxygen atoms in total. The van der Waals surface area contributed by atoms with Crippen LogP contribution >= 0.6 is 0 Å². The van der Waals surface area contributed by atoms with Crippen LogP contribution in [0.4, 0.5) is 6.01 Å². The largest absolute Gasteiger partial charge is 0.402 e. The highest BCUT2D eigenvalue weighted by molar-refractivity contribution is 5.59. The molecule has 0 radical (unpaired) electrons. The lowest BCUT2D eigenvalue weighted by molar-refractivity contribution is 0.502. The fraction of sp³-hybridized carbons (Fsp3) is 0.292. The zero-order chi connectivity index (χ0) is 22.5. The molecule has 0 unspecified atom stereocenters. The van der Waals surface area contributed by atoms with Gasteiger partial charge in [-0.1, -0.05) is 31.1 Å². The number of nitrogens with zero attached hydrogens (tertiary/aromatic N) is 7. The number of H-pyrrole nitrogens is 1. The van der Waals surface area contributed by atoms with Gasteiger partial charge >= 0.3 is 6.01 Å². The summed E-state index contributed by atoms with van der Waals surface area (Å²) >= 11 is 0. The Morgan fingerprint density at radius 2 is 2.06 bits per heavy atom. The van der Waals surface area contributed by atoms with Gasteiger partial charge < -0.3 is 14.3 Å². The molecule has 0 fully saturated rings. The molecule has 1 aliphatic rings. The lowest BCUT2D eigenvalue weighted by atomic mass is 9.99. The van der Waals surface area contributed by atoms with E-state index in [0.29, 0.717) is 30.1 Å². The first kappa shape index (κ1) is 19.7. The van der Waals surface area contributed by atoms with Gasteiger partial charge in [-0.2, -0.15) is 5.10 Å². The monoisotopic (exact) mass is 440 g/mol. The summed E-state index contributed by atoms with van der Waals surface area (Å²) in [6.45, 7) is 7.07. The van der Waals surface area contributed by atoms with Crippen molar-refractivity contribution in [3.8, 4) is 11.6 Å². The van der Waals surface area contributed by atoms with Gasteiger partial charge in [-0.15, -0.1) is 5.10 Å². The molecule has 6 rings (SSSR count). The molecule has 33 heavy (non-hydrogen) atoms. The smallest absolute Gasteiger partial charge is 0.319 e. The molecule has 1 atom stereocenters. The van der Waals surface area contributed by atoms with Gasteiger partial charge in [-0.25, -0.2) is 9.50 Å². The minimum absolute atomic E-state index is 0.238. The molecule has 0 saturated heterocycles. The summed E-state index contributed by atoms with van der Waals surface area (Å²) in [5.41, 5.74) is 6.97. The molecule has 0 amide bonds. The summed E-state index contributed by atoms with van der Waals surface area (Å²) in [4.78, 5) is 14.4. The Labute approximate surface area is 190 Å². The van der Waals surface area contributed by atoms with Crippen LogP contribution in [0, 0.1) is 6.92 Å². The molecule has 5 aromatic heterocycles. The highest BCUT2D eigenvalue weighted by atomic mass is 16.4. The summed E-state index contributed by atoms with van der Waals surface area (Å²) in [5.74, 6) is 0.800. The van der Waals surface area contributed by atoms with Crippen molar-refractivity contribution in [1.29, 1.82) is 0 Å². The summed E-state index contributed by atoms with van der Waals surface area (Å²) in [6.07, 6.45) is 6.26. The Morgan fingerprint density at radius 1 is 1.15 bits per heavy atom. The molecule has 6 heterocycles. The molecule has 0 bridgehead atoms. The van der Waals surface area contributed by atoms with E-state index in [1.165, 1.54) is 5.56 Å². The Bertz CT molecular complexity index is 1450. The van der Waals surface area contributed by atoms with E-state index in [4.69, 9.17) is 9.52 Å². The van der Waals surface area contributed by atoms with Crippen LogP contribution < -0.4 is 4.90 Å². The van der Waals surface area contributed by atoms with Crippen molar-refractivity contribution < 1.29 is 4.42 Å². The van der Waals surface area contributed by atoms with Gasteiger partial charge in [0.25, 0.3) is 5.89 Å². The number of rotatable bonds is 4. The highest BCUT2D eigenvalue weighted by Crippen LogP contribution is 2.37. The van der Waals surface area contributed by atoms with Crippen molar-refractivity contribution in [3.63, 3.8) is 0 Å². The van der Waals surface area contributed by atoms with Crippen LogP contribution in [0.15, 0.2) is 53.5 Å². The van der Waals surface area contributed by atoms with Crippen LogP contribution in [0.3, 0.4) is 0 Å². The molecule has 166 valence electrons. The van der Waals surface area contributed by atoms with E-state index < -0.39 is 0 Å². The lowest BCUT2D eigenvalue weighted by Gasteiger charge is -2.32. The minimum Gasteiger partial charge on any atom is -0.402 e. The molecule has 1 N–H and O–H groups in total. The summed E-state index contributed by atoms with van der Waals surface area (Å²) in [6, 6.07) is 10.4. The molecule has 0 aromatic carbocycles. The van der Waals surface area contributed by atoms with E-state index in [1.807, 2.05) is 35.8 Å². The van der Waals surface area contributed by atoms with Gasteiger partial charge in [0.15, 0.2) is 0 Å². The second-order valence-electron chi connectivity index (χ2n) is 8.69. The molecular weight excluding hydrogens is 416 g/mol. The van der Waals surface area contributed by atoms with Gasteiger partial charge in [0.1, 0.15) is 11.7 Å². The Kier molecular flexibility index (Phi) is 4.49. The molecular formula is C24H24N8O. The maximum Gasteiger partial charge on any atom is 0.319 e. The van der Waals surface area contributed by atoms with Gasteiger partial charge in [0.05, 0.1) is 23.2 Å². The first-order chi connectivity index (χ1) is 16.1. The summed E-state index contributed by atoms with van der Waals surface area (Å²) in [7, 11) is 0. The van der Waals surface area contributed by atoms with Crippen LogP contribution in [0.2, 0.25) is 0 Å². The third-order valence-corrected chi connectivity index (χ3v) is 6.25. The maximum absolute atomic E-state index is 6.14. The minimum atomic E-state index is -0.238. The number of anilines is 1. The summed E-state index contributed by atoms with van der Waals surface area (Å²) < 4.78 is 8.08. The number of aryl methyl sites for hydroxylation is 1. The normalized spacial score (nSPS) is 16.0. The number of hydrogen-bond acceptors (Lipinski definition) is 7. The topological polar surface area (TPSA) is 101 Å². The third-order valence-electron chi connectivity index (χ3n) is 6.25. The van der Waals surface area contributed by atoms with E-state index >= 15 is 0 Å². The number of pyridine rings is 2. The molecule has 5 aromatic rings. The molecule has 1 aliphatic heterocycles. The zero-order valence-corrected chi connectivity index (χ0v) is 18.7. The van der Waals surface area contributed by atoms with E-state index in [-0.39, 0.29) is 6.04 Å². The number of hydrogen-bond donors (Lipinski definition) is 1. The van der Waals surface area contributed by atoms with Crippen LogP contribution in [0.1, 0.15) is 54.0 Å². The van der Waals surface area contributed by atoms with Crippen molar-refractivity contribution in [2.45, 2.75) is 39.2 Å². The molecule has 9 heteroatoms. The average molecular weight is 441 g/mol. The van der Waals surface area contributed by atoms with Gasteiger partial charge in [-0.3, -0.25) is 4.98 Å². The number of aromatic amines is 1. The SMILES string of the molecule is Cc1cccnc1-c1nnc(N2CCc3[nH]cnc3[C@@H]2c2cc3c(C(C)C)cccn3n2)o1. The summed E-state index contributed by atoms with van der Waals surface area (Å²) in [5, 5.41) is 13.6. The van der Waals surface area contributed by atoms with Gasteiger partial charge in [-0.05, 0) is 42.2 Å². The van der Waals surface area contributed by atoms with Crippen LogP contribution in [-0.2, 0) is 6.42 Å². The Morgan fingerprint density at radius 3 is 2.91 bits per heavy atom. The number of fused-ring (bicyclic) bond motifs is 2. The Hall–Kier alpha value is -4.01. The van der Waals surface area contributed by atoms with E-state index in [1.54, 1.807) is 12.5 Å². The molecule has 0 spiro atoms. The molecule has 0 saturated carbocycles. The molecule has 0 aliphatic carbocycles. The van der Waals surface area contributed by atoms with Crippen LogP contribution in [-0.4, -0.2) is 41.3 Å². The quantitative estimate of drug-likeness (QED) is 0.449. The standard InChI is InChI=1S/C24H24N8O/c1-14(2)16-7-5-10-32-19(16)12-18(30-32)22-21-17(26-13-27-21)8-11-31(22)24-29-28-23(33-24)20-15(3)6-4-9-25-20/h4-7,9-10,12-14,22H,8,11H2,1-3H3,(H,26,27)/t22-/m0/s1. The van der Waals surface area contributed by atoms with E-state index in [0.717, 1.165) is 34.6 Å². The Balaban J connectivity index is 1.46. The van der Waals surface area contributed by atoms with Gasteiger partial charge in [0, 0.05) is 31.1 Å².